The number of halogens is 1. The lowest BCUT2D eigenvalue weighted by Gasteiger charge is -2.10. The molecule has 0 aliphatic heterocycles. The minimum absolute atomic E-state index is 0.0726. The Hall–Kier alpha value is -0.260. The van der Waals surface area contributed by atoms with Crippen LogP contribution in [0.3, 0.4) is 0 Å². The van der Waals surface area contributed by atoms with E-state index in [1.54, 1.807) is 7.11 Å². The van der Waals surface area contributed by atoms with Gasteiger partial charge < -0.3 is 4.74 Å². The molecule has 3 heteroatoms. The predicted molar refractivity (Wildman–Crippen MR) is 40.9 cm³/mol. The van der Waals surface area contributed by atoms with Gasteiger partial charge in [-0.25, -0.2) is 0 Å². The van der Waals surface area contributed by atoms with Crippen LogP contribution < -0.4 is 0 Å². The fourth-order valence-corrected chi connectivity index (χ4v) is 0.842. The van der Waals surface area contributed by atoms with E-state index in [0.29, 0.717) is 5.88 Å². The highest BCUT2D eigenvalue weighted by atomic mass is 35.5. The molecule has 10 heavy (non-hydrogen) atoms. The van der Waals surface area contributed by atoms with Crippen molar-refractivity contribution in [2.45, 2.75) is 19.4 Å². The van der Waals surface area contributed by atoms with E-state index in [4.69, 9.17) is 21.6 Å². The average molecular weight is 162 g/mol. The third-order valence-corrected chi connectivity index (χ3v) is 1.76. The predicted octanol–water partition coefficient (Wildman–Crippen LogP) is 1.79. The van der Waals surface area contributed by atoms with E-state index in [-0.39, 0.29) is 12.0 Å². The van der Waals surface area contributed by atoms with Crippen LogP contribution in [0.5, 0.6) is 0 Å². The van der Waals surface area contributed by atoms with Gasteiger partial charge >= 0.3 is 0 Å². The van der Waals surface area contributed by atoms with Crippen molar-refractivity contribution in [2.75, 3.05) is 13.0 Å². The van der Waals surface area contributed by atoms with Gasteiger partial charge in [0.1, 0.15) is 0 Å². The van der Waals surface area contributed by atoms with Crippen molar-refractivity contribution in [3.63, 3.8) is 0 Å². The summed E-state index contributed by atoms with van der Waals surface area (Å²) < 4.78 is 4.97. The van der Waals surface area contributed by atoms with Crippen LogP contribution in [-0.2, 0) is 4.74 Å². The van der Waals surface area contributed by atoms with Gasteiger partial charge in [-0.15, -0.1) is 11.6 Å². The molecule has 0 N–H and O–H groups in total. The molecule has 0 bridgehead atoms. The Morgan fingerprint density at radius 1 is 1.70 bits per heavy atom. The van der Waals surface area contributed by atoms with Gasteiger partial charge in [0.2, 0.25) is 0 Å². The second kappa shape index (κ2) is 5.52. The van der Waals surface area contributed by atoms with Gasteiger partial charge in [0, 0.05) is 13.0 Å². The Morgan fingerprint density at radius 3 is 2.60 bits per heavy atom. The van der Waals surface area contributed by atoms with Gasteiger partial charge in [0.15, 0.2) is 0 Å². The fourth-order valence-electron chi connectivity index (χ4n) is 0.647. The summed E-state index contributed by atoms with van der Waals surface area (Å²) in [6.07, 6.45) is 0.847. The molecule has 0 aromatic heterocycles. The van der Waals surface area contributed by atoms with Crippen molar-refractivity contribution in [2.24, 2.45) is 5.92 Å². The molecule has 0 amide bonds. The molecule has 0 spiro atoms. The highest BCUT2D eigenvalue weighted by molar-refractivity contribution is 6.18. The van der Waals surface area contributed by atoms with Gasteiger partial charge in [-0.2, -0.15) is 5.26 Å². The Bertz CT molecular complexity index is 121. The summed E-state index contributed by atoms with van der Waals surface area (Å²) in [6, 6.07) is 2.10. The van der Waals surface area contributed by atoms with Crippen LogP contribution in [0.25, 0.3) is 0 Å². The van der Waals surface area contributed by atoms with Crippen molar-refractivity contribution in [1.29, 1.82) is 5.26 Å². The first-order valence-electron chi connectivity index (χ1n) is 3.23. The molecule has 2 nitrogen and oxygen atoms in total. The molecule has 2 unspecified atom stereocenters. The molecule has 2 atom stereocenters. The van der Waals surface area contributed by atoms with Crippen molar-refractivity contribution in [3.8, 4) is 6.07 Å². The largest absolute Gasteiger partial charge is 0.382 e. The summed E-state index contributed by atoms with van der Waals surface area (Å²) in [6.45, 7) is 1.93. The average Bonchev–Trinajstić information content (AvgIpc) is 1.99. The normalized spacial score (nSPS) is 15.8. The third kappa shape index (κ3) is 3.71. The maximum absolute atomic E-state index is 8.48. The zero-order valence-electron chi connectivity index (χ0n) is 6.30. The molecule has 58 valence electrons. The fraction of sp³-hybridized carbons (Fsp3) is 0.857. The third-order valence-electron chi connectivity index (χ3n) is 1.39. The first kappa shape index (κ1) is 9.74. The van der Waals surface area contributed by atoms with Crippen LogP contribution in [0.1, 0.15) is 13.3 Å². The van der Waals surface area contributed by atoms with Crippen LogP contribution in [0, 0.1) is 17.2 Å². The van der Waals surface area contributed by atoms with E-state index in [0.717, 1.165) is 6.42 Å². The standard InChI is InChI=1S/C7H12ClNO/c1-6(10-2)3-7(4-8)5-9/h6-7H,3-4H2,1-2H3. The lowest BCUT2D eigenvalue weighted by atomic mass is 10.1. The number of hydrogen-bond donors (Lipinski definition) is 0. The van der Waals surface area contributed by atoms with E-state index in [1.807, 2.05) is 6.92 Å². The van der Waals surface area contributed by atoms with Crippen LogP contribution in [0.15, 0.2) is 0 Å². The Morgan fingerprint density at radius 2 is 2.30 bits per heavy atom. The number of rotatable bonds is 4. The van der Waals surface area contributed by atoms with Crippen molar-refractivity contribution < 1.29 is 4.74 Å². The van der Waals surface area contributed by atoms with Crippen molar-refractivity contribution in [1.82, 2.24) is 0 Å². The Balaban J connectivity index is 3.54. The Kier molecular flexibility index (Phi) is 5.38. The molecule has 0 heterocycles. The molecule has 0 fully saturated rings. The van der Waals surface area contributed by atoms with E-state index >= 15 is 0 Å². The highest BCUT2D eigenvalue weighted by Gasteiger charge is 2.09. The van der Waals surface area contributed by atoms with Gasteiger partial charge in [-0.3, -0.25) is 0 Å². The summed E-state index contributed by atoms with van der Waals surface area (Å²) in [4.78, 5) is 0. The SMILES string of the molecule is COC(C)CC(C#N)CCl. The van der Waals surface area contributed by atoms with Crippen LogP contribution in [0.4, 0.5) is 0 Å². The molecule has 0 aliphatic rings. The second-order valence-corrected chi connectivity index (χ2v) is 2.57. The summed E-state index contributed by atoms with van der Waals surface area (Å²) in [5.74, 6) is 0.320. The molecule has 0 aromatic carbocycles. The number of nitrogens with zero attached hydrogens (tertiary/aromatic N) is 1. The summed E-state index contributed by atoms with van der Waals surface area (Å²) in [7, 11) is 1.63. The number of methoxy groups -OCH3 is 1. The molecule has 0 aromatic rings. The molecular weight excluding hydrogens is 150 g/mol. The molecule has 0 saturated heterocycles. The van der Waals surface area contributed by atoms with E-state index in [1.165, 1.54) is 0 Å². The topological polar surface area (TPSA) is 33.0 Å². The molecule has 0 saturated carbocycles. The van der Waals surface area contributed by atoms with E-state index in [2.05, 4.69) is 6.07 Å². The van der Waals surface area contributed by atoms with Crippen molar-refractivity contribution in [3.05, 3.63) is 0 Å². The first-order valence-corrected chi connectivity index (χ1v) is 3.76. The molecule has 0 rings (SSSR count). The van der Waals surface area contributed by atoms with Gasteiger partial charge in [0.05, 0.1) is 18.1 Å². The highest BCUT2D eigenvalue weighted by Crippen LogP contribution is 2.08. The van der Waals surface area contributed by atoms with Gasteiger partial charge in [-0.05, 0) is 13.3 Å². The Labute approximate surface area is 66.7 Å². The second-order valence-electron chi connectivity index (χ2n) is 2.26. The lowest BCUT2D eigenvalue weighted by molar-refractivity contribution is 0.104. The maximum Gasteiger partial charge on any atom is 0.0669 e. The van der Waals surface area contributed by atoms with E-state index in [9.17, 15) is 0 Å². The minimum atomic E-state index is -0.0726. The maximum atomic E-state index is 8.48. The zero-order valence-corrected chi connectivity index (χ0v) is 7.06. The monoisotopic (exact) mass is 161 g/mol. The molecule has 0 aliphatic carbocycles. The first-order chi connectivity index (χ1) is 4.74. The molecule has 0 radical (unpaired) electrons. The summed E-state index contributed by atoms with van der Waals surface area (Å²) in [5, 5.41) is 8.48. The van der Waals surface area contributed by atoms with Crippen LogP contribution in [-0.4, -0.2) is 19.1 Å². The lowest BCUT2D eigenvalue weighted by Crippen LogP contribution is -2.12. The number of nitriles is 1. The summed E-state index contributed by atoms with van der Waals surface area (Å²) >= 11 is 5.49. The smallest absolute Gasteiger partial charge is 0.0669 e. The molecular formula is C7H12ClNO. The summed E-state index contributed by atoms with van der Waals surface area (Å²) in [5.41, 5.74) is 0. The zero-order chi connectivity index (χ0) is 7.98. The number of hydrogen-bond acceptors (Lipinski definition) is 2. The quantitative estimate of drug-likeness (QED) is 0.589. The minimum Gasteiger partial charge on any atom is -0.382 e. The van der Waals surface area contributed by atoms with Crippen LogP contribution >= 0.6 is 11.6 Å². The van der Waals surface area contributed by atoms with E-state index < -0.39 is 0 Å². The number of ether oxygens (including phenoxy) is 1. The van der Waals surface area contributed by atoms with Crippen LogP contribution in [0.2, 0.25) is 0 Å². The number of alkyl halides is 1. The van der Waals surface area contributed by atoms with Gasteiger partial charge in [-0.1, -0.05) is 0 Å². The van der Waals surface area contributed by atoms with Crippen molar-refractivity contribution >= 4 is 11.6 Å². The van der Waals surface area contributed by atoms with Gasteiger partial charge in [0.25, 0.3) is 0 Å².